The van der Waals surface area contributed by atoms with Crippen LogP contribution >= 0.6 is 27.5 Å². The molecule has 0 aliphatic carbocycles. The number of hydrogen-bond acceptors (Lipinski definition) is 3. The Labute approximate surface area is 165 Å². The van der Waals surface area contributed by atoms with Crippen molar-refractivity contribution in [2.75, 3.05) is 6.54 Å². The first kappa shape index (κ1) is 17.5. The van der Waals surface area contributed by atoms with E-state index in [4.69, 9.17) is 11.6 Å². The largest absolute Gasteiger partial charge is 0.305 e. The van der Waals surface area contributed by atoms with Gasteiger partial charge in [0.05, 0.1) is 0 Å². The first-order valence-electron chi connectivity index (χ1n) is 8.39. The van der Waals surface area contributed by atoms with Gasteiger partial charge < -0.3 is 5.32 Å². The molecular weight excluding hydrogens is 414 g/mol. The predicted octanol–water partition coefficient (Wildman–Crippen LogP) is 4.29. The standard InChI is InChI=1S/C20H17BrClN3O/c21-16-5-1-14(2-6-16)20(15-3-7-17(22)8-4-15)9-10-24-18(20)19(26)25-12-11-23-13-25/h1-8,11-13,18,24H,9-10H2/t18-,20?/m1/s1. The monoisotopic (exact) mass is 429 g/mol. The third-order valence-corrected chi connectivity index (χ3v) is 5.87. The van der Waals surface area contributed by atoms with Gasteiger partial charge in [-0.3, -0.25) is 9.36 Å². The molecule has 1 aliphatic heterocycles. The average Bonchev–Trinajstić information content (AvgIpc) is 3.33. The lowest BCUT2D eigenvalue weighted by atomic mass is 9.69. The van der Waals surface area contributed by atoms with E-state index in [2.05, 4.69) is 38.4 Å². The number of hydrogen-bond donors (Lipinski definition) is 1. The van der Waals surface area contributed by atoms with Crippen molar-refractivity contribution in [1.29, 1.82) is 0 Å². The Morgan fingerprint density at radius 2 is 1.81 bits per heavy atom. The van der Waals surface area contributed by atoms with Gasteiger partial charge in [0.15, 0.2) is 0 Å². The Morgan fingerprint density at radius 1 is 1.15 bits per heavy atom. The van der Waals surface area contributed by atoms with Crippen molar-refractivity contribution in [1.82, 2.24) is 14.9 Å². The molecule has 1 aromatic heterocycles. The lowest BCUT2D eigenvalue weighted by molar-refractivity contribution is 0.0842. The van der Waals surface area contributed by atoms with Crippen molar-refractivity contribution >= 4 is 33.4 Å². The van der Waals surface area contributed by atoms with Crippen LogP contribution in [0.4, 0.5) is 0 Å². The molecule has 2 atom stereocenters. The number of aromatic nitrogens is 2. The fraction of sp³-hybridized carbons (Fsp3) is 0.200. The Kier molecular flexibility index (Phi) is 4.69. The molecule has 4 rings (SSSR count). The van der Waals surface area contributed by atoms with Crippen LogP contribution in [0.15, 0.2) is 71.7 Å². The Balaban J connectivity index is 1.88. The van der Waals surface area contributed by atoms with Gasteiger partial charge in [0.1, 0.15) is 12.4 Å². The number of imidazole rings is 1. The zero-order valence-corrected chi connectivity index (χ0v) is 16.2. The number of carbonyl (C=O) groups is 1. The van der Waals surface area contributed by atoms with Crippen LogP contribution in [-0.4, -0.2) is 28.0 Å². The first-order chi connectivity index (χ1) is 12.6. The summed E-state index contributed by atoms with van der Waals surface area (Å²) in [4.78, 5) is 17.3. The quantitative estimate of drug-likeness (QED) is 0.674. The van der Waals surface area contributed by atoms with Crippen molar-refractivity contribution in [3.05, 3.63) is 87.9 Å². The van der Waals surface area contributed by atoms with Gasteiger partial charge in [-0.15, -0.1) is 0 Å². The molecule has 26 heavy (non-hydrogen) atoms. The fourth-order valence-electron chi connectivity index (χ4n) is 3.85. The van der Waals surface area contributed by atoms with Gasteiger partial charge >= 0.3 is 0 Å². The number of carbonyl (C=O) groups excluding carboxylic acids is 1. The van der Waals surface area contributed by atoms with Crippen LogP contribution in [0.3, 0.4) is 0 Å². The minimum absolute atomic E-state index is 0.0159. The molecule has 0 spiro atoms. The van der Waals surface area contributed by atoms with E-state index in [1.54, 1.807) is 23.3 Å². The van der Waals surface area contributed by atoms with Crippen LogP contribution in [-0.2, 0) is 5.41 Å². The molecule has 2 aromatic carbocycles. The highest BCUT2D eigenvalue weighted by Crippen LogP contribution is 2.43. The van der Waals surface area contributed by atoms with Crippen molar-refractivity contribution in [2.24, 2.45) is 0 Å². The average molecular weight is 431 g/mol. The molecule has 1 saturated heterocycles. The van der Waals surface area contributed by atoms with Crippen molar-refractivity contribution in [3.8, 4) is 0 Å². The molecule has 1 aliphatic rings. The number of halogens is 2. The van der Waals surface area contributed by atoms with Gasteiger partial charge in [0, 0.05) is 27.3 Å². The predicted molar refractivity (Wildman–Crippen MR) is 106 cm³/mol. The zero-order valence-electron chi connectivity index (χ0n) is 13.9. The maximum atomic E-state index is 13.2. The molecule has 6 heteroatoms. The highest BCUT2D eigenvalue weighted by molar-refractivity contribution is 9.10. The van der Waals surface area contributed by atoms with Crippen LogP contribution in [0.1, 0.15) is 22.3 Å². The molecule has 0 saturated carbocycles. The molecule has 1 N–H and O–H groups in total. The zero-order chi connectivity index (χ0) is 18.1. The second kappa shape index (κ2) is 6.99. The van der Waals surface area contributed by atoms with E-state index in [9.17, 15) is 4.79 Å². The Morgan fingerprint density at radius 3 is 2.42 bits per heavy atom. The van der Waals surface area contributed by atoms with Gasteiger partial charge in [0.2, 0.25) is 5.91 Å². The highest BCUT2D eigenvalue weighted by atomic mass is 79.9. The number of benzene rings is 2. The molecule has 0 radical (unpaired) electrons. The topological polar surface area (TPSA) is 46.9 Å². The van der Waals surface area contributed by atoms with Gasteiger partial charge in [-0.2, -0.15) is 0 Å². The third-order valence-electron chi connectivity index (χ3n) is 5.09. The SMILES string of the molecule is O=C([C@H]1NCCC1(c1ccc(Cl)cc1)c1ccc(Br)cc1)n1ccnc1. The summed E-state index contributed by atoms with van der Waals surface area (Å²) >= 11 is 9.61. The summed E-state index contributed by atoms with van der Waals surface area (Å²) in [6, 6.07) is 15.6. The summed E-state index contributed by atoms with van der Waals surface area (Å²) in [7, 11) is 0. The first-order valence-corrected chi connectivity index (χ1v) is 9.56. The van der Waals surface area contributed by atoms with Gasteiger partial charge in [-0.05, 0) is 48.4 Å². The number of rotatable bonds is 3. The number of nitrogens with zero attached hydrogens (tertiary/aromatic N) is 2. The second-order valence-electron chi connectivity index (χ2n) is 6.43. The van der Waals surface area contributed by atoms with E-state index >= 15 is 0 Å². The van der Waals surface area contributed by atoms with Crippen molar-refractivity contribution in [3.63, 3.8) is 0 Å². The molecule has 4 nitrogen and oxygen atoms in total. The Hall–Kier alpha value is -1.95. The summed E-state index contributed by atoms with van der Waals surface area (Å²) < 4.78 is 2.56. The lowest BCUT2D eigenvalue weighted by Gasteiger charge is -2.35. The van der Waals surface area contributed by atoms with Gasteiger partial charge in [-0.25, -0.2) is 4.98 Å². The summed E-state index contributed by atoms with van der Waals surface area (Å²) in [5, 5.41) is 4.10. The minimum atomic E-state index is -0.466. The summed E-state index contributed by atoms with van der Waals surface area (Å²) in [5.74, 6) is -0.0159. The maximum Gasteiger partial charge on any atom is 0.250 e. The molecular formula is C20H17BrClN3O. The van der Waals surface area contributed by atoms with E-state index in [1.807, 2.05) is 36.4 Å². The van der Waals surface area contributed by atoms with Crippen LogP contribution in [0, 0.1) is 0 Å². The molecule has 132 valence electrons. The smallest absolute Gasteiger partial charge is 0.250 e. The van der Waals surface area contributed by atoms with E-state index in [0.717, 1.165) is 28.6 Å². The molecule has 1 unspecified atom stereocenters. The molecule has 3 aromatic rings. The van der Waals surface area contributed by atoms with E-state index in [1.165, 1.54) is 0 Å². The normalized spacial score (nSPS) is 22.5. The van der Waals surface area contributed by atoms with Crippen LogP contribution in [0.2, 0.25) is 5.02 Å². The highest BCUT2D eigenvalue weighted by Gasteiger charge is 2.49. The summed E-state index contributed by atoms with van der Waals surface area (Å²) in [6.07, 6.45) is 5.69. The number of nitrogens with one attached hydrogen (secondary N) is 1. The third kappa shape index (κ3) is 2.90. The summed E-state index contributed by atoms with van der Waals surface area (Å²) in [6.45, 7) is 0.754. The second-order valence-corrected chi connectivity index (χ2v) is 7.78. The van der Waals surface area contributed by atoms with E-state index in [0.29, 0.717) is 5.02 Å². The summed E-state index contributed by atoms with van der Waals surface area (Å²) in [5.41, 5.74) is 1.71. The maximum absolute atomic E-state index is 13.2. The van der Waals surface area contributed by atoms with Crippen molar-refractivity contribution in [2.45, 2.75) is 17.9 Å². The van der Waals surface area contributed by atoms with Crippen LogP contribution < -0.4 is 5.32 Å². The lowest BCUT2D eigenvalue weighted by Crippen LogP contribution is -2.48. The molecule has 0 amide bonds. The van der Waals surface area contributed by atoms with Gasteiger partial charge in [-0.1, -0.05) is 51.8 Å². The fourth-order valence-corrected chi connectivity index (χ4v) is 4.24. The van der Waals surface area contributed by atoms with E-state index < -0.39 is 5.41 Å². The minimum Gasteiger partial charge on any atom is -0.305 e. The molecule has 2 heterocycles. The Bertz CT molecular complexity index is 862. The van der Waals surface area contributed by atoms with Gasteiger partial charge in [0.25, 0.3) is 0 Å². The molecule has 0 bridgehead atoms. The van der Waals surface area contributed by atoms with Crippen LogP contribution in [0.25, 0.3) is 0 Å². The molecule has 1 fully saturated rings. The van der Waals surface area contributed by atoms with Crippen molar-refractivity contribution < 1.29 is 4.79 Å². The van der Waals surface area contributed by atoms with E-state index in [-0.39, 0.29) is 11.9 Å². The van der Waals surface area contributed by atoms with Crippen LogP contribution in [0.5, 0.6) is 0 Å².